The minimum atomic E-state index is -0.772. The van der Waals surface area contributed by atoms with Gasteiger partial charge in [0.1, 0.15) is 11.5 Å². The van der Waals surface area contributed by atoms with Gasteiger partial charge in [-0.3, -0.25) is 4.79 Å². The number of carbonyl (C=O) groups is 1. The molecule has 1 saturated heterocycles. The van der Waals surface area contributed by atoms with Crippen LogP contribution in [0, 0.1) is 5.92 Å². The van der Waals surface area contributed by atoms with Crippen LogP contribution in [0.15, 0.2) is 42.5 Å². The van der Waals surface area contributed by atoms with Crippen molar-refractivity contribution in [2.75, 3.05) is 27.6 Å². The Kier molecular flexibility index (Phi) is 6.13. The first-order chi connectivity index (χ1) is 16.5. The zero-order valence-electron chi connectivity index (χ0n) is 19.7. The predicted molar refractivity (Wildman–Crippen MR) is 127 cm³/mol. The van der Waals surface area contributed by atoms with Gasteiger partial charge in [-0.05, 0) is 55.2 Å². The summed E-state index contributed by atoms with van der Waals surface area (Å²) >= 11 is 0. The van der Waals surface area contributed by atoms with Crippen molar-refractivity contribution in [2.45, 2.75) is 43.7 Å². The molecule has 2 aromatic rings. The van der Waals surface area contributed by atoms with Gasteiger partial charge in [0.05, 0.1) is 25.9 Å². The first kappa shape index (κ1) is 22.6. The summed E-state index contributed by atoms with van der Waals surface area (Å²) in [7, 11) is 3.24. The van der Waals surface area contributed by atoms with Gasteiger partial charge in [0.25, 0.3) is 0 Å². The van der Waals surface area contributed by atoms with Gasteiger partial charge in [0.15, 0.2) is 11.5 Å². The lowest BCUT2D eigenvalue weighted by Crippen LogP contribution is -2.56. The Morgan fingerprint density at radius 3 is 2.76 bits per heavy atom. The fourth-order valence-corrected chi connectivity index (χ4v) is 5.66. The minimum absolute atomic E-state index is 0.0554. The summed E-state index contributed by atoms with van der Waals surface area (Å²) in [5, 5.41) is 11.5. The van der Waals surface area contributed by atoms with Crippen LogP contribution in [0.5, 0.6) is 23.0 Å². The van der Waals surface area contributed by atoms with Crippen molar-refractivity contribution in [1.82, 2.24) is 4.90 Å². The van der Waals surface area contributed by atoms with Crippen LogP contribution in [-0.2, 0) is 4.79 Å². The Morgan fingerprint density at radius 1 is 1.09 bits per heavy atom. The maximum Gasteiger partial charge on any atom is 0.247 e. The van der Waals surface area contributed by atoms with Crippen molar-refractivity contribution in [1.29, 1.82) is 0 Å². The van der Waals surface area contributed by atoms with Crippen molar-refractivity contribution < 1.29 is 28.8 Å². The van der Waals surface area contributed by atoms with Gasteiger partial charge in [0, 0.05) is 30.2 Å². The Labute approximate surface area is 199 Å². The quantitative estimate of drug-likeness (QED) is 0.662. The number of nitrogens with zero attached hydrogens (tertiary/aromatic N) is 1. The number of methoxy groups -OCH3 is 2. The Hall–Kier alpha value is -3.19. The van der Waals surface area contributed by atoms with Crippen LogP contribution in [0.1, 0.15) is 49.3 Å². The van der Waals surface area contributed by atoms with Gasteiger partial charge >= 0.3 is 0 Å². The van der Waals surface area contributed by atoms with E-state index >= 15 is 0 Å². The third-order valence-electron chi connectivity index (χ3n) is 7.42. The number of hydrogen-bond donors (Lipinski definition) is 1. The molecule has 7 heteroatoms. The number of piperidine rings is 1. The van der Waals surface area contributed by atoms with Gasteiger partial charge in [-0.15, -0.1) is 0 Å². The highest BCUT2D eigenvalue weighted by molar-refractivity contribution is 5.92. The molecule has 0 bridgehead atoms. The van der Waals surface area contributed by atoms with Crippen LogP contribution in [0.2, 0.25) is 0 Å². The van der Waals surface area contributed by atoms with Gasteiger partial charge in [-0.2, -0.15) is 0 Å². The van der Waals surface area contributed by atoms with Crippen LogP contribution >= 0.6 is 0 Å². The summed E-state index contributed by atoms with van der Waals surface area (Å²) in [6.45, 7) is 0.696. The van der Waals surface area contributed by atoms with Crippen molar-refractivity contribution in [2.24, 2.45) is 5.92 Å². The summed E-state index contributed by atoms with van der Waals surface area (Å²) in [5.41, 5.74) is 0.992. The number of hydrogen-bond acceptors (Lipinski definition) is 6. The van der Waals surface area contributed by atoms with E-state index in [0.717, 1.165) is 36.8 Å². The fraction of sp³-hybridized carbons (Fsp3) is 0.444. The van der Waals surface area contributed by atoms with Crippen molar-refractivity contribution >= 4 is 12.0 Å². The molecule has 0 radical (unpaired) electrons. The summed E-state index contributed by atoms with van der Waals surface area (Å²) in [5.74, 6) is 2.60. The molecule has 0 unspecified atom stereocenters. The normalized spacial score (nSPS) is 25.8. The molecule has 2 aliphatic heterocycles. The lowest BCUT2D eigenvalue weighted by Gasteiger charge is -2.52. The second kappa shape index (κ2) is 9.22. The molecule has 180 valence electrons. The lowest BCUT2D eigenvalue weighted by atomic mass is 9.66. The molecule has 5 rings (SSSR count). The number of ether oxygens (including phenoxy) is 4. The molecular formula is C27H31NO6. The van der Waals surface area contributed by atoms with E-state index in [4.69, 9.17) is 18.9 Å². The second-order valence-corrected chi connectivity index (χ2v) is 9.24. The molecule has 2 aromatic carbocycles. The highest BCUT2D eigenvalue weighted by atomic mass is 16.7. The zero-order chi connectivity index (χ0) is 23.7. The van der Waals surface area contributed by atoms with E-state index < -0.39 is 5.60 Å². The Morgan fingerprint density at radius 2 is 1.94 bits per heavy atom. The van der Waals surface area contributed by atoms with Crippen LogP contribution in [0.4, 0.5) is 0 Å². The van der Waals surface area contributed by atoms with Gasteiger partial charge < -0.3 is 29.0 Å². The van der Waals surface area contributed by atoms with Crippen molar-refractivity contribution in [3.63, 3.8) is 0 Å². The molecule has 3 aliphatic rings. The molecule has 1 saturated carbocycles. The van der Waals surface area contributed by atoms with E-state index in [2.05, 4.69) is 0 Å². The van der Waals surface area contributed by atoms with E-state index in [-0.39, 0.29) is 24.7 Å². The van der Waals surface area contributed by atoms with E-state index in [0.29, 0.717) is 36.0 Å². The highest BCUT2D eigenvalue weighted by Crippen LogP contribution is 2.51. The molecule has 0 spiro atoms. The largest absolute Gasteiger partial charge is 0.497 e. The number of rotatable bonds is 5. The molecule has 1 amide bonds. The van der Waals surface area contributed by atoms with Crippen molar-refractivity contribution in [3.05, 3.63) is 53.6 Å². The predicted octanol–water partition coefficient (Wildman–Crippen LogP) is 4.34. The third-order valence-corrected chi connectivity index (χ3v) is 7.42. The molecule has 7 nitrogen and oxygen atoms in total. The molecular weight excluding hydrogens is 434 g/mol. The first-order valence-corrected chi connectivity index (χ1v) is 11.8. The molecule has 1 aliphatic carbocycles. The van der Waals surface area contributed by atoms with Crippen LogP contribution < -0.4 is 18.9 Å². The minimum Gasteiger partial charge on any atom is -0.497 e. The average Bonchev–Trinajstić information content (AvgIpc) is 3.34. The number of fused-ring (bicyclic) bond motifs is 2. The maximum absolute atomic E-state index is 13.5. The summed E-state index contributed by atoms with van der Waals surface area (Å²) in [6.07, 6.45) is 7.67. The first-order valence-electron chi connectivity index (χ1n) is 11.8. The fourth-order valence-electron chi connectivity index (χ4n) is 5.66. The SMILES string of the molecule is COc1ccc([C@@H]2[C@H]3CCCC[C@]3(O)CCN2C(=O)C=Cc2ccc3c(c2)OCO3)c(OC)c1. The standard InChI is InChI=1S/C27H31NO6/c1-31-19-8-9-20(23(16-19)32-2)26-21-5-3-4-12-27(21,30)13-14-28(26)25(29)11-7-18-6-10-22-24(15-18)34-17-33-22/h6-11,15-16,21,26,30H,3-5,12-14,17H2,1-2H3/t21-,26-,27+/m1/s1. The van der Waals surface area contributed by atoms with Gasteiger partial charge in [-0.25, -0.2) is 0 Å². The van der Waals surface area contributed by atoms with Crippen molar-refractivity contribution in [3.8, 4) is 23.0 Å². The number of carbonyl (C=O) groups excluding carboxylic acids is 1. The van der Waals surface area contributed by atoms with Crippen LogP contribution in [0.25, 0.3) is 6.08 Å². The topological polar surface area (TPSA) is 77.5 Å². The third kappa shape index (κ3) is 4.09. The summed E-state index contributed by atoms with van der Waals surface area (Å²) < 4.78 is 21.9. The van der Waals surface area contributed by atoms with E-state index in [1.807, 2.05) is 41.3 Å². The summed E-state index contributed by atoms with van der Waals surface area (Å²) in [4.78, 5) is 15.4. The van der Waals surface area contributed by atoms with Gasteiger partial charge in [-0.1, -0.05) is 18.9 Å². The average molecular weight is 466 g/mol. The number of aliphatic hydroxyl groups is 1. The monoisotopic (exact) mass is 465 g/mol. The van der Waals surface area contributed by atoms with Gasteiger partial charge in [0.2, 0.25) is 12.7 Å². The smallest absolute Gasteiger partial charge is 0.247 e. The number of benzene rings is 2. The molecule has 34 heavy (non-hydrogen) atoms. The van der Waals surface area contributed by atoms with E-state index in [1.54, 1.807) is 26.4 Å². The zero-order valence-corrected chi connectivity index (χ0v) is 19.7. The lowest BCUT2D eigenvalue weighted by molar-refractivity contribution is -0.151. The molecule has 1 N–H and O–H groups in total. The summed E-state index contributed by atoms with van der Waals surface area (Å²) in [6, 6.07) is 11.0. The number of likely N-dealkylation sites (tertiary alicyclic amines) is 1. The van der Waals surface area contributed by atoms with Crippen LogP contribution in [0.3, 0.4) is 0 Å². The number of amides is 1. The molecule has 2 fully saturated rings. The Balaban J connectivity index is 1.48. The molecule has 2 heterocycles. The maximum atomic E-state index is 13.5. The van der Waals surface area contributed by atoms with E-state index in [9.17, 15) is 9.90 Å². The second-order valence-electron chi connectivity index (χ2n) is 9.24. The highest BCUT2D eigenvalue weighted by Gasteiger charge is 2.50. The Bertz CT molecular complexity index is 1100. The van der Waals surface area contributed by atoms with E-state index in [1.165, 1.54) is 0 Å². The van der Waals surface area contributed by atoms with Crippen LogP contribution in [-0.4, -0.2) is 49.1 Å². The molecule has 3 atom stereocenters. The molecule has 0 aromatic heterocycles.